The highest BCUT2D eigenvalue weighted by Crippen LogP contribution is 2.47. The molecule has 0 fully saturated rings. The number of rotatable bonds is 4. The van der Waals surface area contributed by atoms with Gasteiger partial charge in [0.25, 0.3) is 0 Å². The van der Waals surface area contributed by atoms with Crippen LogP contribution in [0.4, 0.5) is 0 Å². The Morgan fingerprint density at radius 1 is 1.19 bits per heavy atom. The first-order valence-electron chi connectivity index (χ1n) is 4.42. The monoisotopic (exact) mass is 318 g/mol. The highest BCUT2D eigenvalue weighted by Gasteiger charge is 2.16. The maximum absolute atomic E-state index is 5.96. The Labute approximate surface area is 115 Å². The van der Waals surface area contributed by atoms with Crippen LogP contribution in [0.25, 0.3) is 0 Å². The molecule has 0 spiro atoms. The van der Waals surface area contributed by atoms with Gasteiger partial charge in [0.1, 0.15) is 5.75 Å². The van der Waals surface area contributed by atoms with Crippen molar-refractivity contribution < 1.29 is 9.05 Å². The van der Waals surface area contributed by atoms with E-state index in [1.165, 1.54) is 12.1 Å². The van der Waals surface area contributed by atoms with E-state index in [0.29, 0.717) is 27.4 Å². The maximum atomic E-state index is 5.96. The van der Waals surface area contributed by atoms with Crippen LogP contribution in [0, 0.1) is 0 Å². The van der Waals surface area contributed by atoms with Gasteiger partial charge in [0, 0.05) is 12.7 Å². The first kappa shape index (κ1) is 14.6. The second kappa shape index (κ2) is 5.90. The Morgan fingerprint density at radius 2 is 1.75 bits per heavy atom. The van der Waals surface area contributed by atoms with Crippen molar-refractivity contribution in [2.75, 3.05) is 13.3 Å². The Hall–Kier alpha value is 0.500. The molecule has 0 radical (unpaired) electrons. The molecule has 16 heavy (non-hydrogen) atoms. The number of halogens is 3. The number of hydrogen-bond donors (Lipinski definition) is 0. The van der Waals surface area contributed by atoms with Crippen LogP contribution in [0.1, 0.15) is 6.92 Å². The van der Waals surface area contributed by atoms with E-state index in [1.807, 2.05) is 6.92 Å². The Morgan fingerprint density at radius 3 is 2.31 bits per heavy atom. The molecule has 1 rings (SSSR count). The molecule has 0 aliphatic rings. The summed E-state index contributed by atoms with van der Waals surface area (Å²) >= 11 is 22.8. The zero-order valence-corrected chi connectivity index (χ0v) is 12.6. The molecule has 90 valence electrons. The van der Waals surface area contributed by atoms with Crippen LogP contribution < -0.4 is 4.52 Å². The zero-order valence-electron chi connectivity index (χ0n) is 8.67. The second-order valence-corrected chi connectivity index (χ2v) is 8.17. The lowest BCUT2D eigenvalue weighted by molar-refractivity contribution is 0.335. The smallest absolute Gasteiger partial charge is 0.235 e. The van der Waals surface area contributed by atoms with Crippen LogP contribution in [-0.2, 0) is 16.3 Å². The molecule has 7 heteroatoms. The molecule has 0 bridgehead atoms. The summed E-state index contributed by atoms with van der Waals surface area (Å²) in [5.41, 5.74) is 0. The van der Waals surface area contributed by atoms with E-state index in [1.54, 1.807) is 6.66 Å². The molecule has 0 heterocycles. The van der Waals surface area contributed by atoms with Gasteiger partial charge in [-0.1, -0.05) is 34.8 Å². The molecule has 0 aliphatic carbocycles. The fourth-order valence-electron chi connectivity index (χ4n) is 1.01. The van der Waals surface area contributed by atoms with Crippen LogP contribution in [-0.4, -0.2) is 13.3 Å². The van der Waals surface area contributed by atoms with Gasteiger partial charge < -0.3 is 9.05 Å². The summed E-state index contributed by atoms with van der Waals surface area (Å²) in [7, 11) is 0. The van der Waals surface area contributed by atoms with E-state index in [4.69, 9.17) is 55.7 Å². The van der Waals surface area contributed by atoms with E-state index < -0.39 is 6.49 Å². The van der Waals surface area contributed by atoms with E-state index in [9.17, 15) is 0 Å². The molecule has 1 aromatic rings. The van der Waals surface area contributed by atoms with Crippen molar-refractivity contribution in [1.29, 1.82) is 0 Å². The molecule has 1 unspecified atom stereocenters. The van der Waals surface area contributed by atoms with Crippen LogP contribution in [0.2, 0.25) is 15.1 Å². The first-order chi connectivity index (χ1) is 7.35. The third-order valence-electron chi connectivity index (χ3n) is 1.60. The van der Waals surface area contributed by atoms with Gasteiger partial charge in [-0.3, -0.25) is 0 Å². The third-order valence-corrected chi connectivity index (χ3v) is 4.42. The fraction of sp³-hybridized carbons (Fsp3) is 0.333. The highest BCUT2D eigenvalue weighted by atomic mass is 35.5. The summed E-state index contributed by atoms with van der Waals surface area (Å²) in [4.78, 5) is 0. The number of hydrogen-bond acceptors (Lipinski definition) is 3. The third kappa shape index (κ3) is 4.06. The zero-order chi connectivity index (χ0) is 12.3. The molecular formula is C9H10Cl3O2PS. The normalized spacial score (nSPS) is 14.6. The average molecular weight is 320 g/mol. The van der Waals surface area contributed by atoms with E-state index in [-0.39, 0.29) is 0 Å². The minimum absolute atomic E-state index is 0.366. The van der Waals surface area contributed by atoms with Gasteiger partial charge in [-0.15, -0.1) is 0 Å². The van der Waals surface area contributed by atoms with Crippen LogP contribution in [0.15, 0.2) is 12.1 Å². The van der Waals surface area contributed by atoms with E-state index >= 15 is 0 Å². The summed E-state index contributed by atoms with van der Waals surface area (Å²) in [6.45, 7) is 1.74. The lowest BCUT2D eigenvalue weighted by atomic mass is 10.3. The minimum atomic E-state index is -2.33. The van der Waals surface area contributed by atoms with E-state index in [2.05, 4.69) is 0 Å². The van der Waals surface area contributed by atoms with Crippen molar-refractivity contribution in [3.8, 4) is 5.75 Å². The Bertz CT molecular complexity index is 439. The average Bonchev–Trinajstić information content (AvgIpc) is 2.13. The van der Waals surface area contributed by atoms with Crippen molar-refractivity contribution in [2.24, 2.45) is 0 Å². The molecule has 0 saturated carbocycles. The summed E-state index contributed by atoms with van der Waals surface area (Å²) in [6, 6.07) is 3.05. The van der Waals surface area contributed by atoms with Gasteiger partial charge in [-0.25, -0.2) is 0 Å². The molecule has 2 nitrogen and oxygen atoms in total. The SMILES string of the molecule is CCOP(C)(=S)Oc1cc(Cl)c(Cl)cc1Cl. The van der Waals surface area contributed by atoms with Crippen LogP contribution >= 0.6 is 41.3 Å². The lowest BCUT2D eigenvalue weighted by Crippen LogP contribution is -1.96. The van der Waals surface area contributed by atoms with E-state index in [0.717, 1.165) is 0 Å². The largest absolute Gasteiger partial charge is 0.442 e. The summed E-state index contributed by atoms with van der Waals surface area (Å²) in [5, 5.41) is 1.11. The van der Waals surface area contributed by atoms with Crippen molar-refractivity contribution in [2.45, 2.75) is 6.92 Å². The molecule has 1 aromatic carbocycles. The molecule has 0 aromatic heterocycles. The Kier molecular flexibility index (Phi) is 5.37. The quantitative estimate of drug-likeness (QED) is 0.574. The van der Waals surface area contributed by atoms with Gasteiger partial charge in [0.15, 0.2) is 0 Å². The van der Waals surface area contributed by atoms with Gasteiger partial charge in [0.05, 0.1) is 21.7 Å². The predicted octanol–water partition coefficient (Wildman–Crippen LogP) is 5.00. The second-order valence-electron chi connectivity index (χ2n) is 2.98. The first-order valence-corrected chi connectivity index (χ1v) is 8.64. The maximum Gasteiger partial charge on any atom is 0.235 e. The van der Waals surface area contributed by atoms with Crippen molar-refractivity contribution >= 4 is 53.1 Å². The van der Waals surface area contributed by atoms with Crippen LogP contribution in [0.3, 0.4) is 0 Å². The molecular weight excluding hydrogens is 309 g/mol. The highest BCUT2D eigenvalue weighted by molar-refractivity contribution is 8.09. The van der Waals surface area contributed by atoms with Gasteiger partial charge >= 0.3 is 0 Å². The predicted molar refractivity (Wildman–Crippen MR) is 73.9 cm³/mol. The fourth-order valence-corrected chi connectivity index (χ4v) is 3.23. The Balaban J connectivity index is 2.98. The standard InChI is InChI=1S/C9H10Cl3O2PS/c1-3-13-15(2,16)14-9-5-7(11)6(10)4-8(9)12/h4-5H,3H2,1-2H3. The van der Waals surface area contributed by atoms with Gasteiger partial charge in [-0.05, 0) is 24.8 Å². The van der Waals surface area contributed by atoms with Crippen molar-refractivity contribution in [3.05, 3.63) is 27.2 Å². The number of benzene rings is 1. The summed E-state index contributed by atoms with van der Waals surface area (Å²) in [5.74, 6) is 0.398. The minimum Gasteiger partial charge on any atom is -0.442 e. The topological polar surface area (TPSA) is 18.5 Å². The molecule has 0 aliphatic heterocycles. The van der Waals surface area contributed by atoms with Crippen LogP contribution in [0.5, 0.6) is 5.75 Å². The molecule has 0 saturated heterocycles. The summed E-state index contributed by atoms with van der Waals surface area (Å²) < 4.78 is 10.9. The summed E-state index contributed by atoms with van der Waals surface area (Å²) in [6.07, 6.45) is 0. The lowest BCUT2D eigenvalue weighted by Gasteiger charge is -2.19. The van der Waals surface area contributed by atoms with Gasteiger partial charge in [-0.2, -0.15) is 0 Å². The van der Waals surface area contributed by atoms with Crippen molar-refractivity contribution in [1.82, 2.24) is 0 Å². The van der Waals surface area contributed by atoms with Gasteiger partial charge in [0.2, 0.25) is 6.49 Å². The molecule has 0 amide bonds. The van der Waals surface area contributed by atoms with Crippen molar-refractivity contribution in [3.63, 3.8) is 0 Å². The molecule has 1 atom stereocenters. The molecule has 0 N–H and O–H groups in total.